The predicted octanol–water partition coefficient (Wildman–Crippen LogP) is 3.27. The molecule has 0 saturated heterocycles. The molecular formula is C17H29N3O. The molecule has 0 atom stereocenters. The van der Waals surface area contributed by atoms with Crippen molar-refractivity contribution in [2.75, 3.05) is 30.7 Å². The minimum absolute atomic E-state index is 0.0595. The van der Waals surface area contributed by atoms with Crippen molar-refractivity contribution in [2.24, 2.45) is 5.92 Å². The van der Waals surface area contributed by atoms with Crippen molar-refractivity contribution in [3.63, 3.8) is 0 Å². The molecule has 0 aliphatic rings. The molecule has 1 rings (SSSR count). The minimum Gasteiger partial charge on any atom is -0.399 e. The van der Waals surface area contributed by atoms with E-state index in [9.17, 15) is 4.79 Å². The highest BCUT2D eigenvalue weighted by molar-refractivity contribution is 5.91. The average Bonchev–Trinajstić information content (AvgIpc) is 2.41. The van der Waals surface area contributed by atoms with E-state index < -0.39 is 0 Å². The van der Waals surface area contributed by atoms with E-state index in [2.05, 4.69) is 31.0 Å². The van der Waals surface area contributed by atoms with Gasteiger partial charge < -0.3 is 16.0 Å². The second-order valence-electron chi connectivity index (χ2n) is 6.01. The zero-order valence-electron chi connectivity index (χ0n) is 13.8. The van der Waals surface area contributed by atoms with E-state index >= 15 is 0 Å². The number of hydrogen-bond acceptors (Lipinski definition) is 3. The number of carbonyl (C=O) groups is 1. The molecule has 0 aliphatic carbocycles. The molecule has 1 amide bonds. The van der Waals surface area contributed by atoms with Crippen LogP contribution < -0.4 is 11.1 Å². The van der Waals surface area contributed by atoms with Crippen LogP contribution in [0.25, 0.3) is 0 Å². The number of rotatable bonds is 8. The highest BCUT2D eigenvalue weighted by Gasteiger charge is 2.08. The number of nitrogen functional groups attached to an aromatic ring is 1. The molecule has 0 aliphatic heterocycles. The van der Waals surface area contributed by atoms with Gasteiger partial charge in [0.25, 0.3) is 0 Å². The zero-order valence-corrected chi connectivity index (χ0v) is 13.8. The lowest BCUT2D eigenvalue weighted by atomic mass is 10.1. The molecule has 0 bridgehead atoms. The fourth-order valence-electron chi connectivity index (χ4n) is 2.35. The van der Waals surface area contributed by atoms with Gasteiger partial charge in [0.1, 0.15) is 0 Å². The molecule has 1 aromatic carbocycles. The molecule has 0 aromatic heterocycles. The van der Waals surface area contributed by atoms with Crippen molar-refractivity contribution in [3.05, 3.63) is 23.8 Å². The molecule has 0 spiro atoms. The Balaban J connectivity index is 2.38. The number of aryl methyl sites for hydroxylation is 1. The van der Waals surface area contributed by atoms with Crippen molar-refractivity contribution in [1.82, 2.24) is 4.90 Å². The van der Waals surface area contributed by atoms with Crippen molar-refractivity contribution in [1.29, 1.82) is 0 Å². The summed E-state index contributed by atoms with van der Waals surface area (Å²) in [7, 11) is 0. The SMILES string of the molecule is CCN(CCCC(=O)Nc1cc(N)ccc1C)CC(C)C. The van der Waals surface area contributed by atoms with Crippen molar-refractivity contribution < 1.29 is 4.79 Å². The monoisotopic (exact) mass is 291 g/mol. The van der Waals surface area contributed by atoms with Crippen LogP contribution in [0, 0.1) is 12.8 Å². The van der Waals surface area contributed by atoms with E-state index in [1.165, 1.54) is 0 Å². The van der Waals surface area contributed by atoms with Gasteiger partial charge in [-0.15, -0.1) is 0 Å². The summed E-state index contributed by atoms with van der Waals surface area (Å²) < 4.78 is 0. The first-order valence-electron chi connectivity index (χ1n) is 7.80. The Morgan fingerprint density at radius 3 is 2.71 bits per heavy atom. The van der Waals surface area contributed by atoms with Gasteiger partial charge in [-0.05, 0) is 50.0 Å². The standard InChI is InChI=1S/C17H29N3O/c1-5-20(12-13(2)3)10-6-7-17(21)19-16-11-15(18)9-8-14(16)4/h8-9,11,13H,5-7,10,12,18H2,1-4H3,(H,19,21). The molecule has 0 unspecified atom stereocenters. The molecule has 3 N–H and O–H groups in total. The molecule has 0 fully saturated rings. The van der Waals surface area contributed by atoms with Crippen molar-refractivity contribution in [2.45, 2.75) is 40.5 Å². The fourth-order valence-corrected chi connectivity index (χ4v) is 2.35. The molecule has 118 valence electrons. The first-order chi connectivity index (χ1) is 9.92. The molecular weight excluding hydrogens is 262 g/mol. The van der Waals surface area contributed by atoms with Gasteiger partial charge in [-0.25, -0.2) is 0 Å². The van der Waals surface area contributed by atoms with Gasteiger partial charge in [0.2, 0.25) is 5.91 Å². The molecule has 0 heterocycles. The lowest BCUT2D eigenvalue weighted by molar-refractivity contribution is -0.116. The average molecular weight is 291 g/mol. The largest absolute Gasteiger partial charge is 0.399 e. The minimum atomic E-state index is 0.0595. The van der Waals surface area contributed by atoms with Gasteiger partial charge >= 0.3 is 0 Å². The number of anilines is 2. The Morgan fingerprint density at radius 1 is 1.38 bits per heavy atom. The van der Waals surface area contributed by atoms with Crippen LogP contribution in [0.4, 0.5) is 11.4 Å². The van der Waals surface area contributed by atoms with Crippen LogP contribution >= 0.6 is 0 Å². The predicted molar refractivity (Wildman–Crippen MR) is 90.4 cm³/mol. The highest BCUT2D eigenvalue weighted by Crippen LogP contribution is 2.18. The van der Waals surface area contributed by atoms with Crippen LogP contribution in [0.5, 0.6) is 0 Å². The Hall–Kier alpha value is -1.55. The topological polar surface area (TPSA) is 58.4 Å². The maximum Gasteiger partial charge on any atom is 0.224 e. The number of amides is 1. The normalized spacial score (nSPS) is 11.1. The second kappa shape index (κ2) is 8.67. The quantitative estimate of drug-likeness (QED) is 0.723. The molecule has 21 heavy (non-hydrogen) atoms. The number of nitrogens with zero attached hydrogens (tertiary/aromatic N) is 1. The Labute approximate surface area is 128 Å². The summed E-state index contributed by atoms with van der Waals surface area (Å²) >= 11 is 0. The molecule has 1 aromatic rings. The van der Waals surface area contributed by atoms with Crippen LogP contribution in [0.3, 0.4) is 0 Å². The van der Waals surface area contributed by atoms with Crippen LogP contribution in [-0.2, 0) is 4.79 Å². The number of nitrogens with one attached hydrogen (secondary N) is 1. The van der Waals surface area contributed by atoms with Crippen LogP contribution in [0.2, 0.25) is 0 Å². The number of benzene rings is 1. The molecule has 4 heteroatoms. The van der Waals surface area contributed by atoms with Crippen LogP contribution in [0.15, 0.2) is 18.2 Å². The summed E-state index contributed by atoms with van der Waals surface area (Å²) in [6, 6.07) is 5.58. The lowest BCUT2D eigenvalue weighted by Gasteiger charge is -2.22. The van der Waals surface area contributed by atoms with Gasteiger partial charge in [0.15, 0.2) is 0 Å². The van der Waals surface area contributed by atoms with Gasteiger partial charge in [0, 0.05) is 24.3 Å². The van der Waals surface area contributed by atoms with E-state index in [1.807, 2.05) is 25.1 Å². The summed E-state index contributed by atoms with van der Waals surface area (Å²) in [4.78, 5) is 14.4. The second-order valence-corrected chi connectivity index (χ2v) is 6.01. The third-order valence-corrected chi connectivity index (χ3v) is 3.48. The highest BCUT2D eigenvalue weighted by atomic mass is 16.1. The van der Waals surface area contributed by atoms with Gasteiger partial charge in [-0.3, -0.25) is 4.79 Å². The van der Waals surface area contributed by atoms with Crippen LogP contribution in [0.1, 0.15) is 39.2 Å². The van der Waals surface area contributed by atoms with E-state index in [1.54, 1.807) is 0 Å². The number of nitrogens with two attached hydrogens (primary N) is 1. The smallest absolute Gasteiger partial charge is 0.224 e. The Kier molecular flexibility index (Phi) is 7.23. The fraction of sp³-hybridized carbons (Fsp3) is 0.588. The van der Waals surface area contributed by atoms with Gasteiger partial charge in [-0.1, -0.05) is 26.8 Å². The van der Waals surface area contributed by atoms with Gasteiger partial charge in [-0.2, -0.15) is 0 Å². The maximum absolute atomic E-state index is 12.0. The van der Waals surface area contributed by atoms with E-state index in [0.717, 1.165) is 37.3 Å². The third-order valence-electron chi connectivity index (χ3n) is 3.48. The van der Waals surface area contributed by atoms with E-state index in [-0.39, 0.29) is 5.91 Å². The first kappa shape index (κ1) is 17.5. The molecule has 0 saturated carbocycles. The first-order valence-corrected chi connectivity index (χ1v) is 7.80. The summed E-state index contributed by atoms with van der Waals surface area (Å²) in [5.74, 6) is 0.720. The number of hydrogen-bond donors (Lipinski definition) is 2. The Morgan fingerprint density at radius 2 is 2.10 bits per heavy atom. The summed E-state index contributed by atoms with van der Waals surface area (Å²) in [6.45, 7) is 11.7. The van der Waals surface area contributed by atoms with Crippen molar-refractivity contribution >= 4 is 17.3 Å². The van der Waals surface area contributed by atoms with E-state index in [0.29, 0.717) is 18.0 Å². The van der Waals surface area contributed by atoms with E-state index in [4.69, 9.17) is 5.73 Å². The third kappa shape index (κ3) is 6.63. The van der Waals surface area contributed by atoms with Crippen molar-refractivity contribution in [3.8, 4) is 0 Å². The zero-order chi connectivity index (χ0) is 15.8. The summed E-state index contributed by atoms with van der Waals surface area (Å²) in [6.07, 6.45) is 1.43. The lowest BCUT2D eigenvalue weighted by Crippen LogP contribution is -2.29. The Bertz CT molecular complexity index is 457. The number of carbonyl (C=O) groups excluding carboxylic acids is 1. The summed E-state index contributed by atoms with van der Waals surface area (Å²) in [5, 5.41) is 2.95. The maximum atomic E-state index is 12.0. The summed E-state index contributed by atoms with van der Waals surface area (Å²) in [5.41, 5.74) is 8.27. The van der Waals surface area contributed by atoms with Crippen LogP contribution in [-0.4, -0.2) is 30.4 Å². The molecule has 4 nitrogen and oxygen atoms in total. The molecule has 0 radical (unpaired) electrons. The van der Waals surface area contributed by atoms with Gasteiger partial charge in [0.05, 0.1) is 0 Å².